The zero-order chi connectivity index (χ0) is 24.8. The highest BCUT2D eigenvalue weighted by Crippen LogP contribution is 2.32. The Morgan fingerprint density at radius 2 is 1.91 bits per heavy atom. The summed E-state index contributed by atoms with van der Waals surface area (Å²) < 4.78 is 5.13. The van der Waals surface area contributed by atoms with E-state index in [0.29, 0.717) is 11.3 Å². The van der Waals surface area contributed by atoms with Crippen LogP contribution in [0, 0.1) is 13.8 Å². The van der Waals surface area contributed by atoms with Crippen molar-refractivity contribution in [2.24, 2.45) is 0 Å². The molecule has 8 heteroatoms. The molecular weight excluding hydrogens is 444 g/mol. The molecule has 1 aromatic carbocycles. The van der Waals surface area contributed by atoms with Crippen LogP contribution in [0.2, 0.25) is 0 Å². The van der Waals surface area contributed by atoms with Crippen LogP contribution in [0.3, 0.4) is 0 Å². The summed E-state index contributed by atoms with van der Waals surface area (Å²) in [6.45, 7) is 3.52. The lowest BCUT2D eigenvalue weighted by molar-refractivity contribution is -0.126. The number of aryl methyl sites for hydroxylation is 2. The third-order valence-corrected chi connectivity index (χ3v) is 6.25. The molecule has 0 spiro atoms. The fourth-order valence-corrected chi connectivity index (χ4v) is 4.44. The van der Waals surface area contributed by atoms with Gasteiger partial charge in [0.15, 0.2) is 5.76 Å². The molecule has 2 heterocycles. The molecule has 1 fully saturated rings. The number of hydrogen-bond acceptors (Lipinski definition) is 5. The number of furan rings is 1. The Balaban J connectivity index is 1.70. The number of carbonyl (C=O) groups is 3. The number of amides is 3. The molecule has 1 aliphatic carbocycles. The van der Waals surface area contributed by atoms with Crippen molar-refractivity contribution in [1.29, 1.82) is 0 Å². The van der Waals surface area contributed by atoms with Crippen molar-refractivity contribution in [3.63, 3.8) is 0 Å². The third kappa shape index (κ3) is 5.77. The van der Waals surface area contributed by atoms with Gasteiger partial charge in [0.05, 0.1) is 12.8 Å². The van der Waals surface area contributed by atoms with Crippen molar-refractivity contribution in [1.82, 2.24) is 15.6 Å². The van der Waals surface area contributed by atoms with E-state index < -0.39 is 17.9 Å². The van der Waals surface area contributed by atoms with E-state index in [1.165, 1.54) is 17.2 Å². The molecule has 3 amide bonds. The van der Waals surface area contributed by atoms with Gasteiger partial charge in [0.1, 0.15) is 6.04 Å². The maximum atomic E-state index is 13.7. The number of aromatic nitrogens is 1. The zero-order valence-electron chi connectivity index (χ0n) is 20.0. The van der Waals surface area contributed by atoms with Gasteiger partial charge in [0, 0.05) is 29.7 Å². The fourth-order valence-electron chi connectivity index (χ4n) is 4.44. The molecular formula is C27H30N4O4. The molecule has 0 saturated heterocycles. The lowest BCUT2D eigenvalue weighted by Gasteiger charge is -2.33. The van der Waals surface area contributed by atoms with Gasteiger partial charge in [0.25, 0.3) is 5.91 Å². The van der Waals surface area contributed by atoms with Crippen molar-refractivity contribution in [3.05, 3.63) is 83.6 Å². The quantitative estimate of drug-likeness (QED) is 0.516. The first-order valence-electron chi connectivity index (χ1n) is 11.9. The molecule has 1 saturated carbocycles. The van der Waals surface area contributed by atoms with Crippen LogP contribution in [-0.2, 0) is 9.59 Å². The van der Waals surface area contributed by atoms with Gasteiger partial charge in [-0.2, -0.15) is 0 Å². The van der Waals surface area contributed by atoms with E-state index in [0.717, 1.165) is 36.8 Å². The molecule has 35 heavy (non-hydrogen) atoms. The minimum absolute atomic E-state index is 0.0795. The summed E-state index contributed by atoms with van der Waals surface area (Å²) in [6.07, 6.45) is 8.60. The fraction of sp³-hybridized carbons (Fsp3) is 0.333. The third-order valence-electron chi connectivity index (χ3n) is 6.25. The van der Waals surface area contributed by atoms with Crippen LogP contribution in [0.15, 0.2) is 65.5 Å². The topological polar surface area (TPSA) is 105 Å². The van der Waals surface area contributed by atoms with Gasteiger partial charge in [-0.05, 0) is 62.1 Å². The molecule has 0 radical (unpaired) electrons. The van der Waals surface area contributed by atoms with Crippen LogP contribution in [0.5, 0.6) is 0 Å². The number of carbonyl (C=O) groups excluding carboxylic acids is 3. The van der Waals surface area contributed by atoms with E-state index in [-0.39, 0.29) is 24.3 Å². The highest BCUT2D eigenvalue weighted by molar-refractivity contribution is 6.04. The van der Waals surface area contributed by atoms with Gasteiger partial charge < -0.3 is 15.1 Å². The first-order valence-corrected chi connectivity index (χ1v) is 11.9. The monoisotopic (exact) mass is 474 g/mol. The molecule has 8 nitrogen and oxygen atoms in total. The van der Waals surface area contributed by atoms with Crippen LogP contribution >= 0.6 is 0 Å². The maximum absolute atomic E-state index is 13.7. The summed E-state index contributed by atoms with van der Waals surface area (Å²) in [4.78, 5) is 45.5. The lowest BCUT2D eigenvalue weighted by atomic mass is 10.0. The summed E-state index contributed by atoms with van der Waals surface area (Å²) >= 11 is 0. The maximum Gasteiger partial charge on any atom is 0.287 e. The Bertz CT molecular complexity index is 1170. The molecule has 182 valence electrons. The van der Waals surface area contributed by atoms with Gasteiger partial charge in [0.2, 0.25) is 11.8 Å². The summed E-state index contributed by atoms with van der Waals surface area (Å²) in [5, 5.41) is 5.76. The molecule has 4 rings (SSSR count). The Labute approximate surface area is 204 Å². The molecule has 1 aliphatic rings. The molecule has 2 N–H and O–H groups in total. The SMILES string of the molecule is Cc1ccc(C)c(N(C(=O)CNC(=O)c2ccco2)[C@H](C(=O)NC2CCCC2)c2cccnc2)c1. The van der Waals surface area contributed by atoms with Crippen molar-refractivity contribution >= 4 is 23.4 Å². The second-order valence-electron chi connectivity index (χ2n) is 8.89. The Morgan fingerprint density at radius 3 is 2.60 bits per heavy atom. The normalized spacial score (nSPS) is 14.3. The molecule has 1 atom stereocenters. The number of rotatable bonds is 8. The number of nitrogens with zero attached hydrogens (tertiary/aromatic N) is 2. The number of pyridine rings is 1. The van der Waals surface area contributed by atoms with Gasteiger partial charge in [-0.25, -0.2) is 0 Å². The second-order valence-corrected chi connectivity index (χ2v) is 8.89. The average Bonchev–Trinajstić information content (AvgIpc) is 3.57. The van der Waals surface area contributed by atoms with E-state index in [1.807, 2.05) is 32.0 Å². The van der Waals surface area contributed by atoms with Crippen LogP contribution in [0.4, 0.5) is 5.69 Å². The highest BCUT2D eigenvalue weighted by atomic mass is 16.3. The van der Waals surface area contributed by atoms with Crippen molar-refractivity contribution in [3.8, 4) is 0 Å². The lowest BCUT2D eigenvalue weighted by Crippen LogP contribution is -2.49. The van der Waals surface area contributed by atoms with Crippen LogP contribution in [0.1, 0.15) is 59.0 Å². The zero-order valence-corrected chi connectivity index (χ0v) is 20.0. The first-order chi connectivity index (χ1) is 16.9. The molecule has 2 aromatic heterocycles. The van der Waals surface area contributed by atoms with E-state index >= 15 is 0 Å². The van der Waals surface area contributed by atoms with Crippen molar-refractivity contribution in [2.75, 3.05) is 11.4 Å². The number of hydrogen-bond donors (Lipinski definition) is 2. The molecule has 3 aromatic rings. The van der Waals surface area contributed by atoms with Crippen molar-refractivity contribution in [2.45, 2.75) is 51.6 Å². The highest BCUT2D eigenvalue weighted by Gasteiger charge is 2.35. The molecule has 0 aliphatic heterocycles. The van der Waals surface area contributed by atoms with Gasteiger partial charge in [-0.3, -0.25) is 24.3 Å². The Hall–Kier alpha value is -3.94. The van der Waals surface area contributed by atoms with Gasteiger partial charge in [-0.1, -0.05) is 31.0 Å². The van der Waals surface area contributed by atoms with E-state index in [9.17, 15) is 14.4 Å². The van der Waals surface area contributed by atoms with Gasteiger partial charge >= 0.3 is 0 Å². The predicted octanol–water partition coefficient (Wildman–Crippen LogP) is 3.85. The summed E-state index contributed by atoms with van der Waals surface area (Å²) in [6, 6.07) is 11.6. The number of anilines is 1. The molecule has 0 unspecified atom stereocenters. The number of nitrogens with one attached hydrogen (secondary N) is 2. The van der Waals surface area contributed by atoms with E-state index in [4.69, 9.17) is 4.42 Å². The van der Waals surface area contributed by atoms with Crippen LogP contribution in [-0.4, -0.2) is 35.3 Å². The average molecular weight is 475 g/mol. The Morgan fingerprint density at radius 1 is 1.11 bits per heavy atom. The largest absolute Gasteiger partial charge is 0.459 e. The number of benzene rings is 1. The van der Waals surface area contributed by atoms with Gasteiger partial charge in [-0.15, -0.1) is 0 Å². The van der Waals surface area contributed by atoms with Crippen LogP contribution in [0.25, 0.3) is 0 Å². The smallest absolute Gasteiger partial charge is 0.287 e. The van der Waals surface area contributed by atoms with E-state index in [1.54, 1.807) is 30.6 Å². The van der Waals surface area contributed by atoms with E-state index in [2.05, 4.69) is 15.6 Å². The second kappa shape index (κ2) is 11.0. The minimum atomic E-state index is -0.946. The standard InChI is InChI=1S/C27H30N4O4/c1-18-11-12-19(2)22(15-18)31(24(32)17-29-26(33)23-10-6-14-35-23)25(20-7-5-13-28-16-20)27(34)30-21-8-3-4-9-21/h5-7,10-16,21,25H,3-4,8-9,17H2,1-2H3,(H,29,33)(H,30,34)/t25-/m0/s1. The predicted molar refractivity (Wildman–Crippen MR) is 132 cm³/mol. The minimum Gasteiger partial charge on any atom is -0.459 e. The summed E-state index contributed by atoms with van der Waals surface area (Å²) in [5.74, 6) is -1.08. The first kappa shape index (κ1) is 24.2. The Kier molecular flexibility index (Phi) is 7.60. The summed E-state index contributed by atoms with van der Waals surface area (Å²) in [5.41, 5.74) is 2.99. The molecule has 0 bridgehead atoms. The summed E-state index contributed by atoms with van der Waals surface area (Å²) in [7, 11) is 0. The van der Waals surface area contributed by atoms with Crippen molar-refractivity contribution < 1.29 is 18.8 Å². The van der Waals surface area contributed by atoms with Crippen LogP contribution < -0.4 is 15.5 Å².